The van der Waals surface area contributed by atoms with Crippen LogP contribution in [0.2, 0.25) is 0 Å². The highest BCUT2D eigenvalue weighted by atomic mass is 16.5. The number of para-hydroxylation sites is 1. The number of fused-ring (bicyclic) bond motifs is 1. The molecule has 0 radical (unpaired) electrons. The maximum Gasteiger partial charge on any atom is 0.230 e. The molecule has 23 heavy (non-hydrogen) atoms. The van der Waals surface area contributed by atoms with Crippen molar-refractivity contribution in [2.24, 2.45) is 0 Å². The van der Waals surface area contributed by atoms with E-state index in [-0.39, 0.29) is 0 Å². The second kappa shape index (κ2) is 5.72. The predicted octanol–water partition coefficient (Wildman–Crippen LogP) is 3.60. The fourth-order valence-electron chi connectivity index (χ4n) is 2.87. The minimum Gasteiger partial charge on any atom is -0.360 e. The molecule has 0 unspecified atom stereocenters. The highest BCUT2D eigenvalue weighted by Gasteiger charge is 2.19. The molecule has 1 aliphatic heterocycles. The number of rotatable bonds is 3. The van der Waals surface area contributed by atoms with Gasteiger partial charge in [0.25, 0.3) is 0 Å². The van der Waals surface area contributed by atoms with Crippen molar-refractivity contribution in [2.75, 3.05) is 16.8 Å². The quantitative estimate of drug-likeness (QED) is 0.797. The van der Waals surface area contributed by atoms with Gasteiger partial charge in [-0.25, -0.2) is 4.98 Å². The lowest BCUT2D eigenvalue weighted by Gasteiger charge is -2.30. The third kappa shape index (κ3) is 2.75. The average molecular weight is 307 g/mol. The molecular formula is C17H17N5O. The fraction of sp³-hybridized carbons (Fsp3) is 0.235. The van der Waals surface area contributed by atoms with Gasteiger partial charge in [-0.15, -0.1) is 0 Å². The Balaban J connectivity index is 1.64. The summed E-state index contributed by atoms with van der Waals surface area (Å²) in [5, 5.41) is 6.98. The summed E-state index contributed by atoms with van der Waals surface area (Å²) in [7, 11) is 0. The van der Waals surface area contributed by atoms with E-state index in [4.69, 9.17) is 4.52 Å². The zero-order valence-electron chi connectivity index (χ0n) is 12.9. The molecule has 0 amide bonds. The largest absolute Gasteiger partial charge is 0.360 e. The number of hydrogen-bond donors (Lipinski definition) is 1. The topological polar surface area (TPSA) is 67.1 Å². The van der Waals surface area contributed by atoms with E-state index in [1.807, 2.05) is 19.1 Å². The molecule has 6 heteroatoms. The van der Waals surface area contributed by atoms with Crippen molar-refractivity contribution in [2.45, 2.75) is 19.8 Å². The monoisotopic (exact) mass is 307 g/mol. The second-order valence-corrected chi connectivity index (χ2v) is 5.57. The smallest absolute Gasteiger partial charge is 0.230 e. The summed E-state index contributed by atoms with van der Waals surface area (Å²) in [5.41, 5.74) is 2.58. The maximum absolute atomic E-state index is 5.05. The van der Waals surface area contributed by atoms with Gasteiger partial charge in [0.2, 0.25) is 5.95 Å². The number of anilines is 4. The van der Waals surface area contributed by atoms with Crippen molar-refractivity contribution >= 4 is 23.3 Å². The molecule has 0 saturated carbocycles. The molecule has 116 valence electrons. The third-order valence-electron chi connectivity index (χ3n) is 3.90. The Hall–Kier alpha value is -2.89. The molecule has 4 rings (SSSR count). The van der Waals surface area contributed by atoms with E-state index in [9.17, 15) is 0 Å². The van der Waals surface area contributed by atoms with Crippen LogP contribution >= 0.6 is 0 Å². The van der Waals surface area contributed by atoms with Gasteiger partial charge in [-0.05, 0) is 37.5 Å². The Morgan fingerprint density at radius 1 is 1.22 bits per heavy atom. The number of nitrogens with one attached hydrogen (secondary N) is 1. The van der Waals surface area contributed by atoms with Crippen LogP contribution in [0.25, 0.3) is 0 Å². The molecule has 0 saturated heterocycles. The minimum absolute atomic E-state index is 0.513. The van der Waals surface area contributed by atoms with Crippen LogP contribution < -0.4 is 10.2 Å². The Bertz CT molecular complexity index is 829. The summed E-state index contributed by atoms with van der Waals surface area (Å²) in [6.45, 7) is 2.80. The van der Waals surface area contributed by atoms with Crippen LogP contribution in [0.15, 0.2) is 47.1 Å². The zero-order valence-corrected chi connectivity index (χ0v) is 12.9. The number of nitrogens with zero attached hydrogens (tertiary/aromatic N) is 4. The minimum atomic E-state index is 0.513. The number of hydrogen-bond acceptors (Lipinski definition) is 6. The molecule has 3 heterocycles. The lowest BCUT2D eigenvalue weighted by atomic mass is 10.0. The lowest BCUT2D eigenvalue weighted by Crippen LogP contribution is -2.25. The van der Waals surface area contributed by atoms with Crippen molar-refractivity contribution in [3.63, 3.8) is 0 Å². The van der Waals surface area contributed by atoms with E-state index in [1.54, 1.807) is 6.20 Å². The van der Waals surface area contributed by atoms with E-state index < -0.39 is 0 Å². The van der Waals surface area contributed by atoms with Gasteiger partial charge < -0.3 is 14.7 Å². The molecule has 2 aromatic heterocycles. The summed E-state index contributed by atoms with van der Waals surface area (Å²) in [5.74, 6) is 2.75. The van der Waals surface area contributed by atoms with Crippen LogP contribution in [0, 0.1) is 6.92 Å². The molecule has 1 aromatic carbocycles. The van der Waals surface area contributed by atoms with Gasteiger partial charge in [0.15, 0.2) is 5.82 Å². The number of benzene rings is 1. The van der Waals surface area contributed by atoms with Crippen molar-refractivity contribution in [3.8, 4) is 0 Å². The van der Waals surface area contributed by atoms with E-state index in [1.165, 1.54) is 11.3 Å². The molecule has 0 fully saturated rings. The Labute approximate surface area is 134 Å². The summed E-state index contributed by atoms with van der Waals surface area (Å²) >= 11 is 0. The number of aromatic nitrogens is 3. The Kier molecular flexibility index (Phi) is 3.42. The summed E-state index contributed by atoms with van der Waals surface area (Å²) in [6, 6.07) is 12.2. The van der Waals surface area contributed by atoms with E-state index >= 15 is 0 Å². The molecule has 1 aliphatic rings. The molecular weight excluding hydrogens is 290 g/mol. The van der Waals surface area contributed by atoms with Crippen molar-refractivity contribution in [1.82, 2.24) is 15.1 Å². The predicted molar refractivity (Wildman–Crippen MR) is 88.3 cm³/mol. The van der Waals surface area contributed by atoms with Gasteiger partial charge in [0.1, 0.15) is 11.6 Å². The standard InChI is InChI=1S/C17H17N5O/c1-12-11-15(21-23-12)19-17-18-9-8-16(20-17)22-10-4-6-13-5-2-3-7-14(13)22/h2-3,5,7-9,11H,4,6,10H2,1H3,(H,18,19,20,21). The van der Waals surface area contributed by atoms with Crippen molar-refractivity contribution in [3.05, 3.63) is 53.9 Å². The van der Waals surface area contributed by atoms with Crippen molar-refractivity contribution in [1.29, 1.82) is 0 Å². The first-order chi connectivity index (χ1) is 11.3. The van der Waals surface area contributed by atoms with Gasteiger partial charge in [-0.1, -0.05) is 23.4 Å². The van der Waals surface area contributed by atoms with Gasteiger partial charge in [-0.2, -0.15) is 4.98 Å². The van der Waals surface area contributed by atoms with Gasteiger partial charge in [-0.3, -0.25) is 0 Å². The van der Waals surface area contributed by atoms with Crippen LogP contribution in [0.4, 0.5) is 23.3 Å². The molecule has 0 spiro atoms. The van der Waals surface area contributed by atoms with E-state index in [0.29, 0.717) is 11.8 Å². The fourth-order valence-corrected chi connectivity index (χ4v) is 2.87. The molecule has 0 atom stereocenters. The van der Waals surface area contributed by atoms with Gasteiger partial charge in [0, 0.05) is 24.5 Å². The average Bonchev–Trinajstić information content (AvgIpc) is 2.99. The highest BCUT2D eigenvalue weighted by molar-refractivity contribution is 5.66. The lowest BCUT2D eigenvalue weighted by molar-refractivity contribution is 0.400. The second-order valence-electron chi connectivity index (χ2n) is 5.57. The van der Waals surface area contributed by atoms with Gasteiger partial charge in [0.05, 0.1) is 0 Å². The SMILES string of the molecule is Cc1cc(Nc2nccc(N3CCCc4ccccc43)n2)no1. The normalized spacial score (nSPS) is 13.7. The maximum atomic E-state index is 5.05. The Morgan fingerprint density at radius 3 is 3.00 bits per heavy atom. The number of aryl methyl sites for hydroxylation is 2. The molecule has 0 aliphatic carbocycles. The van der Waals surface area contributed by atoms with Crippen LogP contribution in [0.5, 0.6) is 0 Å². The summed E-state index contributed by atoms with van der Waals surface area (Å²) in [6.07, 6.45) is 3.99. The van der Waals surface area contributed by atoms with Crippen LogP contribution in [-0.4, -0.2) is 21.7 Å². The Morgan fingerprint density at radius 2 is 2.13 bits per heavy atom. The zero-order chi connectivity index (χ0) is 15.6. The summed E-state index contributed by atoms with van der Waals surface area (Å²) in [4.78, 5) is 11.1. The van der Waals surface area contributed by atoms with Crippen LogP contribution in [0.1, 0.15) is 17.7 Å². The highest BCUT2D eigenvalue weighted by Crippen LogP contribution is 2.32. The first-order valence-corrected chi connectivity index (χ1v) is 7.68. The first-order valence-electron chi connectivity index (χ1n) is 7.68. The summed E-state index contributed by atoms with van der Waals surface area (Å²) < 4.78 is 5.05. The van der Waals surface area contributed by atoms with E-state index in [2.05, 4.69) is 49.6 Å². The van der Waals surface area contributed by atoms with E-state index in [0.717, 1.165) is 31.0 Å². The molecule has 3 aromatic rings. The molecule has 6 nitrogen and oxygen atoms in total. The van der Waals surface area contributed by atoms with Crippen LogP contribution in [-0.2, 0) is 6.42 Å². The van der Waals surface area contributed by atoms with Gasteiger partial charge >= 0.3 is 0 Å². The van der Waals surface area contributed by atoms with Crippen LogP contribution in [0.3, 0.4) is 0 Å². The van der Waals surface area contributed by atoms with Crippen molar-refractivity contribution < 1.29 is 4.52 Å². The third-order valence-corrected chi connectivity index (χ3v) is 3.90. The molecule has 0 bridgehead atoms. The molecule has 1 N–H and O–H groups in total. The first kappa shape index (κ1) is 13.8.